The normalized spacial score (nSPS) is 11.2. The number of aromatic nitrogens is 3. The van der Waals surface area contributed by atoms with E-state index < -0.39 is 0 Å². The van der Waals surface area contributed by atoms with Crippen molar-refractivity contribution < 1.29 is 0 Å². The number of rotatable bonds is 1. The van der Waals surface area contributed by atoms with Crippen molar-refractivity contribution in [2.75, 3.05) is 5.73 Å². The highest BCUT2D eigenvalue weighted by molar-refractivity contribution is 7.71. The third kappa shape index (κ3) is 3.10. The van der Waals surface area contributed by atoms with Gasteiger partial charge < -0.3 is 15.3 Å². The molecule has 2 rings (SSSR count). The highest BCUT2D eigenvalue weighted by Gasteiger charge is 2.15. The lowest BCUT2D eigenvalue weighted by Gasteiger charge is -2.19. The van der Waals surface area contributed by atoms with Crippen LogP contribution in [0.2, 0.25) is 0 Å². The van der Waals surface area contributed by atoms with E-state index in [9.17, 15) is 0 Å². The summed E-state index contributed by atoms with van der Waals surface area (Å²) in [5.74, 6) is 0.497. The van der Waals surface area contributed by atoms with E-state index in [0.29, 0.717) is 10.6 Å². The molecule has 0 bridgehead atoms. The van der Waals surface area contributed by atoms with Crippen molar-refractivity contribution in [3.8, 4) is 0 Å². The fraction of sp³-hybridized carbons (Fsp3) is 0.538. The monoisotopic (exact) mass is 266 g/mol. The Labute approximate surface area is 113 Å². The summed E-state index contributed by atoms with van der Waals surface area (Å²) < 4.78 is 2.77. The predicted molar refractivity (Wildman–Crippen MR) is 80.1 cm³/mol. The van der Waals surface area contributed by atoms with E-state index in [0.717, 1.165) is 17.6 Å². The summed E-state index contributed by atoms with van der Waals surface area (Å²) in [5, 5.41) is 0. The summed E-state index contributed by atoms with van der Waals surface area (Å²) in [6.07, 6.45) is 1.71. The van der Waals surface area contributed by atoms with E-state index >= 15 is 0 Å². The molecule has 100 valence electrons. The number of aromatic amines is 1. The number of H-pyrrole nitrogens is 1. The summed E-state index contributed by atoms with van der Waals surface area (Å²) in [5.41, 5.74) is 7.82. The number of nitrogens with zero attached hydrogens (tertiary/aromatic N) is 2. The van der Waals surface area contributed by atoms with Crippen LogP contribution in [0.25, 0.3) is 11.0 Å². The van der Waals surface area contributed by atoms with Gasteiger partial charge in [0.2, 0.25) is 0 Å². The molecule has 0 aliphatic heterocycles. The van der Waals surface area contributed by atoms with Gasteiger partial charge in [0.25, 0.3) is 0 Å². The SMILES string of the molecule is CC.CC(C)(C)Cn1c(=S)[nH]c2c(N)nccc21. The molecule has 2 aromatic heterocycles. The molecule has 18 heavy (non-hydrogen) atoms. The highest BCUT2D eigenvalue weighted by Crippen LogP contribution is 2.23. The largest absolute Gasteiger partial charge is 0.382 e. The first-order valence-corrected chi connectivity index (χ1v) is 6.62. The average Bonchev–Trinajstić information content (AvgIpc) is 2.59. The Morgan fingerprint density at radius 1 is 1.39 bits per heavy atom. The van der Waals surface area contributed by atoms with Crippen LogP contribution in [0.4, 0.5) is 5.82 Å². The zero-order valence-corrected chi connectivity index (χ0v) is 12.6. The van der Waals surface area contributed by atoms with Gasteiger partial charge in [0.15, 0.2) is 4.77 Å². The summed E-state index contributed by atoms with van der Waals surface area (Å²) in [6, 6.07) is 1.93. The zero-order chi connectivity index (χ0) is 13.9. The molecule has 0 radical (unpaired) electrons. The highest BCUT2D eigenvalue weighted by atomic mass is 32.1. The van der Waals surface area contributed by atoms with Gasteiger partial charge in [-0.15, -0.1) is 0 Å². The molecule has 0 saturated carbocycles. The van der Waals surface area contributed by atoms with E-state index in [2.05, 4.69) is 35.3 Å². The number of nitrogen functional groups attached to an aromatic ring is 1. The molecule has 0 fully saturated rings. The van der Waals surface area contributed by atoms with E-state index in [1.165, 1.54) is 0 Å². The van der Waals surface area contributed by atoms with Crippen LogP contribution in [0.15, 0.2) is 12.3 Å². The second-order valence-electron chi connectivity index (χ2n) is 5.17. The topological polar surface area (TPSA) is 59.6 Å². The van der Waals surface area contributed by atoms with Crippen molar-refractivity contribution in [1.82, 2.24) is 14.5 Å². The second-order valence-corrected chi connectivity index (χ2v) is 5.55. The van der Waals surface area contributed by atoms with Crippen LogP contribution in [0, 0.1) is 10.2 Å². The first-order valence-electron chi connectivity index (χ1n) is 6.21. The van der Waals surface area contributed by atoms with Crippen LogP contribution < -0.4 is 5.73 Å². The smallest absolute Gasteiger partial charge is 0.178 e. The van der Waals surface area contributed by atoms with Crippen molar-refractivity contribution in [3.63, 3.8) is 0 Å². The van der Waals surface area contributed by atoms with Crippen LogP contribution in [0.1, 0.15) is 34.6 Å². The van der Waals surface area contributed by atoms with Crippen molar-refractivity contribution >= 4 is 29.1 Å². The van der Waals surface area contributed by atoms with Gasteiger partial charge in [-0.2, -0.15) is 0 Å². The Hall–Kier alpha value is -1.36. The second kappa shape index (κ2) is 5.52. The van der Waals surface area contributed by atoms with Crippen LogP contribution in [0.5, 0.6) is 0 Å². The maximum atomic E-state index is 5.80. The molecule has 0 atom stereocenters. The Bertz CT molecular complexity index is 575. The number of hydrogen-bond donors (Lipinski definition) is 2. The Balaban J connectivity index is 0.000000771. The first kappa shape index (κ1) is 14.7. The fourth-order valence-electron chi connectivity index (χ4n) is 1.74. The molecule has 0 aromatic carbocycles. The first-order chi connectivity index (χ1) is 8.38. The molecule has 2 heterocycles. The van der Waals surface area contributed by atoms with Gasteiger partial charge in [0.1, 0.15) is 11.3 Å². The maximum absolute atomic E-state index is 5.80. The molecule has 0 saturated heterocycles. The van der Waals surface area contributed by atoms with Crippen molar-refractivity contribution in [3.05, 3.63) is 17.0 Å². The number of nitrogens with two attached hydrogens (primary N) is 1. The van der Waals surface area contributed by atoms with Crippen LogP contribution >= 0.6 is 12.2 Å². The molecular formula is C13H22N4S. The van der Waals surface area contributed by atoms with Gasteiger partial charge in [-0.25, -0.2) is 4.98 Å². The van der Waals surface area contributed by atoms with Crippen LogP contribution in [0.3, 0.4) is 0 Å². The minimum Gasteiger partial charge on any atom is -0.382 e. The average molecular weight is 266 g/mol. The lowest BCUT2D eigenvalue weighted by Crippen LogP contribution is -2.15. The van der Waals surface area contributed by atoms with Crippen molar-refractivity contribution in [2.45, 2.75) is 41.2 Å². The minimum absolute atomic E-state index is 0.172. The van der Waals surface area contributed by atoms with Crippen molar-refractivity contribution in [1.29, 1.82) is 0 Å². The van der Waals surface area contributed by atoms with Crippen LogP contribution in [-0.2, 0) is 6.54 Å². The number of imidazole rings is 1. The van der Waals surface area contributed by atoms with Gasteiger partial charge >= 0.3 is 0 Å². The number of anilines is 1. The van der Waals surface area contributed by atoms with Crippen LogP contribution in [-0.4, -0.2) is 14.5 Å². The van der Waals surface area contributed by atoms with E-state index in [4.69, 9.17) is 18.0 Å². The van der Waals surface area contributed by atoms with Crippen molar-refractivity contribution in [2.24, 2.45) is 5.41 Å². The fourth-order valence-corrected chi connectivity index (χ4v) is 2.00. The molecule has 5 heteroatoms. The third-order valence-corrected chi connectivity index (χ3v) is 2.68. The summed E-state index contributed by atoms with van der Waals surface area (Å²) in [4.78, 5) is 7.15. The summed E-state index contributed by atoms with van der Waals surface area (Å²) in [7, 11) is 0. The quantitative estimate of drug-likeness (QED) is 0.773. The molecular weight excluding hydrogens is 244 g/mol. The lowest BCUT2D eigenvalue weighted by atomic mass is 9.97. The standard InChI is InChI=1S/C11H16N4S.C2H6/c1-11(2,3)6-15-7-4-5-13-9(12)8(7)14-10(15)16;1-2/h4-5H,6H2,1-3H3,(H2,12,13)(H,14,16);1-2H3. The number of fused-ring (bicyclic) bond motifs is 1. The molecule has 0 amide bonds. The third-order valence-electron chi connectivity index (χ3n) is 2.36. The van der Waals surface area contributed by atoms with E-state index in [1.807, 2.05) is 19.9 Å². The summed E-state index contributed by atoms with van der Waals surface area (Å²) >= 11 is 5.30. The number of pyridine rings is 1. The molecule has 3 N–H and O–H groups in total. The molecule has 4 nitrogen and oxygen atoms in total. The molecule has 0 unspecified atom stereocenters. The molecule has 0 aliphatic carbocycles. The van der Waals surface area contributed by atoms with Gasteiger partial charge in [0, 0.05) is 12.7 Å². The molecule has 2 aromatic rings. The van der Waals surface area contributed by atoms with E-state index in [-0.39, 0.29) is 5.41 Å². The summed E-state index contributed by atoms with van der Waals surface area (Å²) in [6.45, 7) is 11.4. The lowest BCUT2D eigenvalue weighted by molar-refractivity contribution is 0.346. The van der Waals surface area contributed by atoms with E-state index in [1.54, 1.807) is 6.20 Å². The zero-order valence-electron chi connectivity index (χ0n) is 11.7. The van der Waals surface area contributed by atoms with Gasteiger partial charge in [-0.3, -0.25) is 0 Å². The van der Waals surface area contributed by atoms with Gasteiger partial charge in [-0.1, -0.05) is 34.6 Å². The predicted octanol–water partition coefficient (Wildman–Crippen LogP) is 3.75. The number of nitrogens with one attached hydrogen (secondary N) is 1. The molecule has 0 aliphatic rings. The Morgan fingerprint density at radius 3 is 2.56 bits per heavy atom. The van der Waals surface area contributed by atoms with Gasteiger partial charge in [-0.05, 0) is 23.7 Å². The Morgan fingerprint density at radius 2 is 2.00 bits per heavy atom. The Kier molecular flexibility index (Phi) is 4.51. The number of hydrogen-bond acceptors (Lipinski definition) is 3. The minimum atomic E-state index is 0.172. The maximum Gasteiger partial charge on any atom is 0.178 e. The molecule has 0 spiro atoms. The van der Waals surface area contributed by atoms with Gasteiger partial charge in [0.05, 0.1) is 5.52 Å².